The van der Waals surface area contributed by atoms with Crippen molar-refractivity contribution in [3.8, 4) is 0 Å². The Hall–Kier alpha value is -2.55. The fraction of sp³-hybridized carbons (Fsp3) is 0.667. The first-order valence-electron chi connectivity index (χ1n) is 14.5. The zero-order chi connectivity index (χ0) is 34.8. The highest BCUT2D eigenvalue weighted by atomic mass is 28.4. The molecule has 3 atom stereocenters. The van der Waals surface area contributed by atoms with Gasteiger partial charge in [0.2, 0.25) is 5.91 Å². The summed E-state index contributed by atoms with van der Waals surface area (Å²) in [6, 6.07) is 7.38. The molecule has 2 rings (SSSR count). The number of ether oxygens (including phenoxy) is 1. The number of carbonyl (C=O) groups excluding carboxylic acids is 2. The molecule has 0 N–H and O–H groups in total. The van der Waals surface area contributed by atoms with Gasteiger partial charge in [0, 0.05) is 6.42 Å². The third-order valence-electron chi connectivity index (χ3n) is 8.60. The molecular formula is C30H40F9NO4Si. The van der Waals surface area contributed by atoms with E-state index in [1.807, 2.05) is 0 Å². The lowest BCUT2D eigenvalue weighted by Crippen LogP contribution is -2.61. The molecule has 256 valence electrons. The van der Waals surface area contributed by atoms with Gasteiger partial charge < -0.3 is 9.16 Å². The van der Waals surface area contributed by atoms with Gasteiger partial charge in [-0.2, -0.15) is 39.5 Å². The Morgan fingerprint density at radius 2 is 1.51 bits per heavy atom. The number of benzene rings is 1. The Balaban J connectivity index is 2.46. The first kappa shape index (κ1) is 38.6. The smallest absolute Gasteiger partial charge is 0.447 e. The predicted molar refractivity (Wildman–Crippen MR) is 152 cm³/mol. The lowest BCUT2D eigenvalue weighted by Gasteiger charge is -2.44. The number of rotatable bonds is 14. The van der Waals surface area contributed by atoms with Crippen LogP contribution in [0.15, 0.2) is 42.0 Å². The second kappa shape index (κ2) is 14.1. The van der Waals surface area contributed by atoms with Crippen LogP contribution in [-0.2, 0) is 20.4 Å². The Labute approximate surface area is 258 Å². The van der Waals surface area contributed by atoms with Gasteiger partial charge in [-0.15, -0.1) is 0 Å². The molecule has 1 saturated heterocycles. The number of imide groups is 1. The number of cyclic esters (lactones) is 1. The number of carbonyl (C=O) groups is 2. The molecule has 0 radical (unpaired) electrons. The van der Waals surface area contributed by atoms with Crippen LogP contribution in [0.4, 0.5) is 44.3 Å². The minimum absolute atomic E-state index is 0.0805. The maximum absolute atomic E-state index is 14.7. The molecule has 0 bridgehead atoms. The monoisotopic (exact) mass is 677 g/mol. The number of alkyl halides is 9. The average molecular weight is 678 g/mol. The summed E-state index contributed by atoms with van der Waals surface area (Å²) in [4.78, 5) is 27.5. The van der Waals surface area contributed by atoms with E-state index in [1.54, 1.807) is 78.0 Å². The molecule has 1 heterocycles. The van der Waals surface area contributed by atoms with Crippen LogP contribution in [0.1, 0.15) is 60.5 Å². The Morgan fingerprint density at radius 1 is 0.978 bits per heavy atom. The molecule has 0 unspecified atom stereocenters. The molecule has 1 fully saturated rings. The van der Waals surface area contributed by atoms with Gasteiger partial charge >= 0.3 is 30.0 Å². The van der Waals surface area contributed by atoms with Gasteiger partial charge in [-0.25, -0.2) is 9.69 Å². The quantitative estimate of drug-likeness (QED) is 0.112. The summed E-state index contributed by atoms with van der Waals surface area (Å²) >= 11 is 0. The molecule has 15 heteroatoms. The first-order valence-corrected chi connectivity index (χ1v) is 16.8. The number of hydrogen-bond acceptors (Lipinski definition) is 4. The lowest BCUT2D eigenvalue weighted by molar-refractivity contribution is -0.396. The topological polar surface area (TPSA) is 55.8 Å². The second-order valence-electron chi connectivity index (χ2n) is 12.1. The van der Waals surface area contributed by atoms with Crippen molar-refractivity contribution >= 4 is 20.3 Å². The standard InChI is InChI=1S/C30H40F9NO4Si/c1-8-20(6)24(21(7)25(41)40-23(17-43-26(40)42)16-22-12-10-9-11-13-22)44-45(18(2)3,19(4)5)15-14-27(31,32)28(33,34)29(35,36)30(37,38)39/h8-13,18-19,21,23-24H,14-17H2,1-7H3/b20-8+/t21-,23+,24+/m0/s1. The highest BCUT2D eigenvalue weighted by Crippen LogP contribution is 2.55. The van der Waals surface area contributed by atoms with Gasteiger partial charge in [0.25, 0.3) is 0 Å². The van der Waals surface area contributed by atoms with E-state index < -0.39 is 85.9 Å². The Bertz CT molecular complexity index is 1200. The van der Waals surface area contributed by atoms with Gasteiger partial charge in [-0.3, -0.25) is 4.79 Å². The molecule has 0 spiro atoms. The van der Waals surface area contributed by atoms with Crippen molar-refractivity contribution in [2.75, 3.05) is 6.61 Å². The van der Waals surface area contributed by atoms with E-state index in [1.165, 1.54) is 6.92 Å². The molecule has 0 aliphatic carbocycles. The van der Waals surface area contributed by atoms with Crippen molar-refractivity contribution < 1.29 is 58.3 Å². The fourth-order valence-corrected chi connectivity index (χ4v) is 10.3. The summed E-state index contributed by atoms with van der Waals surface area (Å²) in [5.74, 6) is -21.3. The largest absolute Gasteiger partial charge is 0.460 e. The van der Waals surface area contributed by atoms with Crippen molar-refractivity contribution in [2.45, 2.75) is 115 Å². The molecule has 45 heavy (non-hydrogen) atoms. The third-order valence-corrected chi connectivity index (χ3v) is 14.2. The molecule has 1 aliphatic heterocycles. The van der Waals surface area contributed by atoms with E-state index in [2.05, 4.69) is 0 Å². The van der Waals surface area contributed by atoms with E-state index in [9.17, 15) is 49.1 Å². The number of hydrogen-bond donors (Lipinski definition) is 0. The van der Waals surface area contributed by atoms with Crippen molar-refractivity contribution in [2.24, 2.45) is 5.92 Å². The Morgan fingerprint density at radius 3 is 1.98 bits per heavy atom. The van der Waals surface area contributed by atoms with Crippen LogP contribution < -0.4 is 0 Å². The van der Waals surface area contributed by atoms with Crippen LogP contribution in [-0.4, -0.2) is 67.9 Å². The van der Waals surface area contributed by atoms with Crippen LogP contribution in [0.2, 0.25) is 17.1 Å². The van der Waals surface area contributed by atoms with Gasteiger partial charge in [-0.05, 0) is 48.5 Å². The second-order valence-corrected chi connectivity index (χ2v) is 17.1. The van der Waals surface area contributed by atoms with E-state index in [0.29, 0.717) is 5.57 Å². The van der Waals surface area contributed by atoms with Crippen molar-refractivity contribution in [3.05, 3.63) is 47.5 Å². The highest BCUT2D eigenvalue weighted by Gasteiger charge is 2.81. The van der Waals surface area contributed by atoms with E-state index in [-0.39, 0.29) is 13.0 Å². The molecule has 1 aliphatic rings. The van der Waals surface area contributed by atoms with Gasteiger partial charge in [-0.1, -0.05) is 71.0 Å². The summed E-state index contributed by atoms with van der Waals surface area (Å²) in [6.45, 7) is 10.7. The average Bonchev–Trinajstić information content (AvgIpc) is 3.30. The molecule has 0 saturated carbocycles. The first-order chi connectivity index (χ1) is 20.5. The molecule has 0 aromatic heterocycles. The molecule has 1 aromatic rings. The maximum atomic E-state index is 14.7. The summed E-state index contributed by atoms with van der Waals surface area (Å²) in [7, 11) is -3.80. The summed E-state index contributed by atoms with van der Waals surface area (Å²) < 4.78 is 135. The third kappa shape index (κ3) is 7.71. The number of amides is 2. The van der Waals surface area contributed by atoms with Crippen LogP contribution in [0.25, 0.3) is 0 Å². The Kier molecular flexibility index (Phi) is 12.1. The zero-order valence-electron chi connectivity index (χ0n) is 26.2. The van der Waals surface area contributed by atoms with E-state index in [0.717, 1.165) is 10.5 Å². The van der Waals surface area contributed by atoms with Crippen LogP contribution in [0, 0.1) is 5.92 Å². The number of allylic oxidation sites excluding steroid dienone is 1. The minimum atomic E-state index is -6.99. The highest BCUT2D eigenvalue weighted by molar-refractivity contribution is 6.76. The van der Waals surface area contributed by atoms with E-state index >= 15 is 0 Å². The fourth-order valence-electron chi connectivity index (χ4n) is 5.60. The number of halogens is 9. The maximum Gasteiger partial charge on any atom is 0.460 e. The molecule has 2 amide bonds. The van der Waals surface area contributed by atoms with Crippen LogP contribution >= 0.6 is 0 Å². The number of nitrogens with zero attached hydrogens (tertiary/aromatic N) is 1. The zero-order valence-corrected chi connectivity index (χ0v) is 27.2. The summed E-state index contributed by atoms with van der Waals surface area (Å²) in [6.07, 6.45) is -9.15. The van der Waals surface area contributed by atoms with E-state index in [4.69, 9.17) is 9.16 Å². The van der Waals surface area contributed by atoms with Crippen molar-refractivity contribution in [3.63, 3.8) is 0 Å². The van der Waals surface area contributed by atoms with Gasteiger partial charge in [0.15, 0.2) is 8.32 Å². The molecule has 1 aromatic carbocycles. The SMILES string of the molecule is C/C=C(\C)[C@@H](O[Si](CCC(F)(F)C(F)(F)C(F)(F)C(F)(F)F)(C(C)C)C(C)C)[C@H](C)C(=O)N1C(=O)OC[C@H]1Cc1ccccc1. The van der Waals surface area contributed by atoms with Crippen molar-refractivity contribution in [1.82, 2.24) is 4.90 Å². The summed E-state index contributed by atoms with van der Waals surface area (Å²) in [5, 5.41) is 0. The van der Waals surface area contributed by atoms with Gasteiger partial charge in [0.1, 0.15) is 6.61 Å². The molecule has 5 nitrogen and oxygen atoms in total. The molecular weight excluding hydrogens is 637 g/mol. The summed E-state index contributed by atoms with van der Waals surface area (Å²) in [5.41, 5.74) is -0.0189. The lowest BCUT2D eigenvalue weighted by atomic mass is 9.95. The van der Waals surface area contributed by atoms with Crippen molar-refractivity contribution in [1.29, 1.82) is 0 Å². The van der Waals surface area contributed by atoms with Gasteiger partial charge in [0.05, 0.1) is 18.1 Å². The van der Waals surface area contributed by atoms with Crippen LogP contribution in [0.3, 0.4) is 0 Å². The van der Waals surface area contributed by atoms with Crippen LogP contribution in [0.5, 0.6) is 0 Å². The predicted octanol–water partition coefficient (Wildman–Crippen LogP) is 9.19. The normalized spacial score (nSPS) is 18.9. The minimum Gasteiger partial charge on any atom is -0.447 e.